The van der Waals surface area contributed by atoms with Crippen molar-refractivity contribution in [2.75, 3.05) is 17.1 Å². The molecule has 0 heterocycles. The van der Waals surface area contributed by atoms with E-state index in [0.717, 1.165) is 21.2 Å². The van der Waals surface area contributed by atoms with Crippen LogP contribution in [0.25, 0.3) is 0 Å². The summed E-state index contributed by atoms with van der Waals surface area (Å²) in [5.41, 5.74) is 3.56. The number of aryl methyl sites for hydroxylation is 2. The molecule has 2 rings (SSSR count). The highest BCUT2D eigenvalue weighted by Gasteiger charge is 2.27. The highest BCUT2D eigenvalue weighted by molar-refractivity contribution is 9.10. The number of hydrogen-bond acceptors (Lipinski definition) is 4. The Labute approximate surface area is 218 Å². The van der Waals surface area contributed by atoms with Crippen molar-refractivity contribution in [2.24, 2.45) is 0 Å². The SMILES string of the molecule is Cc1ccc(N(CCCC(=O)N(Cc2ccc(Br)cc2)[C@@H](C)C(=O)NC(C)C)S(C)(=O)=O)cc1C. The molecule has 192 valence electrons. The van der Waals surface area contributed by atoms with E-state index in [1.807, 2.05) is 64.1 Å². The zero-order chi connectivity index (χ0) is 26.3. The maximum atomic E-state index is 13.3. The smallest absolute Gasteiger partial charge is 0.242 e. The maximum Gasteiger partial charge on any atom is 0.242 e. The normalized spacial score (nSPS) is 12.3. The van der Waals surface area contributed by atoms with Crippen LogP contribution >= 0.6 is 15.9 Å². The van der Waals surface area contributed by atoms with E-state index < -0.39 is 16.1 Å². The Morgan fingerprint density at radius 1 is 1.00 bits per heavy atom. The molecule has 2 aromatic carbocycles. The molecular weight excluding hydrogens is 530 g/mol. The third-order valence-electron chi connectivity index (χ3n) is 5.80. The summed E-state index contributed by atoms with van der Waals surface area (Å²) < 4.78 is 27.2. The van der Waals surface area contributed by atoms with Crippen LogP contribution in [0.4, 0.5) is 5.69 Å². The molecule has 35 heavy (non-hydrogen) atoms. The van der Waals surface area contributed by atoms with E-state index in [0.29, 0.717) is 12.1 Å². The molecule has 0 fully saturated rings. The van der Waals surface area contributed by atoms with Crippen LogP contribution in [0.15, 0.2) is 46.9 Å². The molecular formula is C26H36BrN3O4S. The second kappa shape index (κ2) is 12.5. The lowest BCUT2D eigenvalue weighted by Crippen LogP contribution is -2.49. The van der Waals surface area contributed by atoms with E-state index in [1.165, 1.54) is 10.6 Å². The van der Waals surface area contributed by atoms with Crippen LogP contribution in [0, 0.1) is 13.8 Å². The van der Waals surface area contributed by atoms with Crippen LogP contribution in [0.2, 0.25) is 0 Å². The first-order valence-corrected chi connectivity index (χ1v) is 14.3. The fraction of sp³-hybridized carbons (Fsp3) is 0.462. The zero-order valence-corrected chi connectivity index (χ0v) is 23.7. The number of amides is 2. The molecule has 2 aromatic rings. The molecule has 0 bridgehead atoms. The quantitative estimate of drug-likeness (QED) is 0.433. The van der Waals surface area contributed by atoms with E-state index in [1.54, 1.807) is 17.9 Å². The van der Waals surface area contributed by atoms with Gasteiger partial charge in [0.1, 0.15) is 6.04 Å². The summed E-state index contributed by atoms with van der Waals surface area (Å²) in [6, 6.07) is 12.4. The van der Waals surface area contributed by atoms with Gasteiger partial charge < -0.3 is 10.2 Å². The zero-order valence-electron chi connectivity index (χ0n) is 21.3. The van der Waals surface area contributed by atoms with Gasteiger partial charge in [-0.3, -0.25) is 13.9 Å². The number of rotatable bonds is 11. The molecule has 1 N–H and O–H groups in total. The predicted molar refractivity (Wildman–Crippen MR) is 145 cm³/mol. The first kappa shape index (κ1) is 28.8. The van der Waals surface area contributed by atoms with E-state index in [2.05, 4.69) is 21.2 Å². The molecule has 0 spiro atoms. The molecule has 0 aromatic heterocycles. The van der Waals surface area contributed by atoms with Gasteiger partial charge in [0.25, 0.3) is 0 Å². The Bertz CT molecular complexity index is 1130. The first-order valence-electron chi connectivity index (χ1n) is 11.7. The Balaban J connectivity index is 2.18. The van der Waals surface area contributed by atoms with Gasteiger partial charge in [0.2, 0.25) is 21.8 Å². The number of hydrogen-bond donors (Lipinski definition) is 1. The average Bonchev–Trinajstić information content (AvgIpc) is 2.76. The molecule has 0 saturated heterocycles. The van der Waals surface area contributed by atoms with Gasteiger partial charge in [0.05, 0.1) is 11.9 Å². The number of nitrogens with zero attached hydrogens (tertiary/aromatic N) is 2. The van der Waals surface area contributed by atoms with E-state index in [9.17, 15) is 18.0 Å². The molecule has 0 aliphatic heterocycles. The lowest BCUT2D eigenvalue weighted by Gasteiger charge is -2.30. The minimum atomic E-state index is -3.52. The number of halogens is 1. The van der Waals surface area contributed by atoms with Crippen molar-refractivity contribution in [3.8, 4) is 0 Å². The number of carbonyl (C=O) groups is 2. The van der Waals surface area contributed by atoms with Crippen molar-refractivity contribution in [2.45, 2.75) is 66.1 Å². The summed E-state index contributed by atoms with van der Waals surface area (Å²) in [4.78, 5) is 27.5. The second-order valence-corrected chi connectivity index (χ2v) is 12.0. The van der Waals surface area contributed by atoms with Crippen LogP contribution in [0.1, 0.15) is 50.3 Å². The van der Waals surface area contributed by atoms with E-state index >= 15 is 0 Å². The first-order chi connectivity index (χ1) is 16.3. The van der Waals surface area contributed by atoms with Crippen LogP contribution in [0.5, 0.6) is 0 Å². The van der Waals surface area contributed by atoms with Gasteiger partial charge in [-0.2, -0.15) is 0 Å². The molecule has 1 atom stereocenters. The fourth-order valence-corrected chi connectivity index (χ4v) is 4.88. The average molecular weight is 567 g/mol. The summed E-state index contributed by atoms with van der Waals surface area (Å²) in [5.74, 6) is -0.425. The third-order valence-corrected chi connectivity index (χ3v) is 7.52. The summed E-state index contributed by atoms with van der Waals surface area (Å²) in [6.45, 7) is 9.83. The van der Waals surface area contributed by atoms with Gasteiger partial charge in [-0.25, -0.2) is 8.42 Å². The van der Waals surface area contributed by atoms with Gasteiger partial charge in [-0.05, 0) is 82.0 Å². The van der Waals surface area contributed by atoms with E-state index in [4.69, 9.17) is 0 Å². The molecule has 0 aliphatic rings. The van der Waals surface area contributed by atoms with Crippen LogP contribution in [0.3, 0.4) is 0 Å². The van der Waals surface area contributed by atoms with Gasteiger partial charge in [-0.1, -0.05) is 34.1 Å². The maximum absolute atomic E-state index is 13.3. The van der Waals surface area contributed by atoms with Crippen molar-refractivity contribution in [3.05, 3.63) is 63.6 Å². The topological polar surface area (TPSA) is 86.8 Å². The van der Waals surface area contributed by atoms with Crippen molar-refractivity contribution < 1.29 is 18.0 Å². The minimum Gasteiger partial charge on any atom is -0.352 e. The molecule has 0 aliphatic carbocycles. The van der Waals surface area contributed by atoms with Crippen molar-refractivity contribution in [3.63, 3.8) is 0 Å². The lowest BCUT2D eigenvalue weighted by atomic mass is 10.1. The third kappa shape index (κ3) is 8.65. The van der Waals surface area contributed by atoms with Crippen molar-refractivity contribution in [1.82, 2.24) is 10.2 Å². The van der Waals surface area contributed by atoms with Crippen LogP contribution < -0.4 is 9.62 Å². The van der Waals surface area contributed by atoms with Gasteiger partial charge in [-0.15, -0.1) is 0 Å². The number of benzene rings is 2. The van der Waals surface area contributed by atoms with Gasteiger partial charge >= 0.3 is 0 Å². The van der Waals surface area contributed by atoms with E-state index in [-0.39, 0.29) is 37.4 Å². The van der Waals surface area contributed by atoms with Gasteiger partial charge in [0, 0.05) is 30.0 Å². The summed E-state index contributed by atoms with van der Waals surface area (Å²) in [7, 11) is -3.52. The second-order valence-electron chi connectivity index (χ2n) is 9.19. The number of nitrogens with one attached hydrogen (secondary N) is 1. The minimum absolute atomic E-state index is 0.0455. The monoisotopic (exact) mass is 565 g/mol. The fourth-order valence-electron chi connectivity index (χ4n) is 3.66. The molecule has 7 nitrogen and oxygen atoms in total. The summed E-state index contributed by atoms with van der Waals surface area (Å²) >= 11 is 3.41. The molecule has 0 saturated carbocycles. The Hall–Kier alpha value is -2.39. The standard InChI is InChI=1S/C26H36BrN3O4S/c1-18(2)28-26(32)21(5)29(17-22-10-12-23(27)13-11-22)25(31)8-7-15-30(35(6,33)34)24-14-9-19(3)20(4)16-24/h9-14,16,18,21H,7-8,15,17H2,1-6H3,(H,28,32)/t21-/m0/s1. The Morgan fingerprint density at radius 2 is 1.63 bits per heavy atom. The highest BCUT2D eigenvalue weighted by atomic mass is 79.9. The molecule has 2 amide bonds. The number of carbonyl (C=O) groups excluding carboxylic acids is 2. The summed E-state index contributed by atoms with van der Waals surface area (Å²) in [6.07, 6.45) is 1.61. The lowest BCUT2D eigenvalue weighted by molar-refractivity contribution is -0.140. The van der Waals surface area contributed by atoms with Crippen molar-refractivity contribution >= 4 is 43.5 Å². The Kier molecular flexibility index (Phi) is 10.3. The molecule has 9 heteroatoms. The molecule has 0 radical (unpaired) electrons. The Morgan fingerprint density at radius 3 is 2.17 bits per heavy atom. The number of anilines is 1. The predicted octanol–water partition coefficient (Wildman–Crippen LogP) is 4.55. The largest absolute Gasteiger partial charge is 0.352 e. The van der Waals surface area contributed by atoms with Crippen LogP contribution in [-0.2, 0) is 26.2 Å². The molecule has 0 unspecified atom stereocenters. The summed E-state index contributed by atoms with van der Waals surface area (Å²) in [5, 5.41) is 2.87. The number of sulfonamides is 1. The van der Waals surface area contributed by atoms with Crippen LogP contribution in [-0.4, -0.2) is 50.0 Å². The van der Waals surface area contributed by atoms with Gasteiger partial charge in [0.15, 0.2) is 0 Å². The highest BCUT2D eigenvalue weighted by Crippen LogP contribution is 2.22. The van der Waals surface area contributed by atoms with Crippen molar-refractivity contribution in [1.29, 1.82) is 0 Å².